The summed E-state index contributed by atoms with van der Waals surface area (Å²) in [6.45, 7) is 5.24. The maximum absolute atomic E-state index is 12.6. The topological polar surface area (TPSA) is 82.8 Å². The Labute approximate surface area is 173 Å². The predicted octanol–water partition coefficient (Wildman–Crippen LogP) is 2.39. The molecule has 29 heavy (non-hydrogen) atoms. The van der Waals surface area contributed by atoms with Crippen molar-refractivity contribution in [2.45, 2.75) is 24.5 Å². The number of aromatic nitrogens is 2. The van der Waals surface area contributed by atoms with Gasteiger partial charge in [-0.3, -0.25) is 4.90 Å². The van der Waals surface area contributed by atoms with E-state index in [9.17, 15) is 8.42 Å². The summed E-state index contributed by atoms with van der Waals surface area (Å²) in [6.07, 6.45) is 3.47. The number of rotatable bonds is 5. The van der Waals surface area contributed by atoms with Gasteiger partial charge in [0.2, 0.25) is 5.09 Å². The third-order valence-corrected chi connectivity index (χ3v) is 8.18. The molecule has 10 heteroatoms. The molecule has 0 amide bonds. The van der Waals surface area contributed by atoms with Gasteiger partial charge >= 0.3 is 0 Å². The Morgan fingerprint density at radius 1 is 1.00 bits per heavy atom. The quantitative estimate of drug-likeness (QED) is 0.611. The van der Waals surface area contributed by atoms with Crippen LogP contribution in [0.1, 0.15) is 18.6 Å². The Bertz CT molecular complexity index is 1100. The van der Waals surface area contributed by atoms with E-state index in [1.54, 1.807) is 29.8 Å². The molecule has 8 nitrogen and oxygen atoms in total. The van der Waals surface area contributed by atoms with Crippen molar-refractivity contribution in [3.05, 3.63) is 35.7 Å². The summed E-state index contributed by atoms with van der Waals surface area (Å²) in [5.41, 5.74) is 0. The van der Waals surface area contributed by atoms with Crippen LogP contribution in [0.25, 0.3) is 10.2 Å². The number of fused-ring (bicyclic) bond motifs is 1. The average molecular weight is 434 g/mol. The fourth-order valence-electron chi connectivity index (χ4n) is 4.00. The lowest BCUT2D eigenvalue weighted by molar-refractivity contribution is 0.223. The molecule has 0 N–H and O–H groups in total. The summed E-state index contributed by atoms with van der Waals surface area (Å²) in [6, 6.07) is 5.45. The molecule has 2 fully saturated rings. The van der Waals surface area contributed by atoms with Crippen LogP contribution in [0.2, 0.25) is 0 Å². The van der Waals surface area contributed by atoms with Crippen LogP contribution in [0.3, 0.4) is 0 Å². The van der Waals surface area contributed by atoms with Crippen molar-refractivity contribution >= 4 is 37.4 Å². The minimum Gasteiger partial charge on any atom is -0.447 e. The van der Waals surface area contributed by atoms with Crippen LogP contribution in [0.15, 0.2) is 39.4 Å². The van der Waals surface area contributed by atoms with E-state index in [0.29, 0.717) is 25.4 Å². The van der Waals surface area contributed by atoms with Crippen LogP contribution in [0.4, 0.5) is 5.82 Å². The van der Waals surface area contributed by atoms with E-state index in [0.717, 1.165) is 55.1 Å². The molecule has 5 rings (SSSR count). The lowest BCUT2D eigenvalue weighted by Crippen LogP contribution is -2.46. The van der Waals surface area contributed by atoms with Crippen molar-refractivity contribution in [2.24, 2.45) is 0 Å². The van der Waals surface area contributed by atoms with E-state index < -0.39 is 10.0 Å². The van der Waals surface area contributed by atoms with Crippen LogP contribution < -0.4 is 4.90 Å². The number of hydrogen-bond acceptors (Lipinski definition) is 8. The van der Waals surface area contributed by atoms with Gasteiger partial charge in [-0.25, -0.2) is 18.4 Å². The minimum absolute atomic E-state index is 0.0638. The first-order valence-corrected chi connectivity index (χ1v) is 12.2. The molecule has 0 aliphatic carbocycles. The maximum Gasteiger partial charge on any atom is 0.276 e. The number of hydrogen-bond donors (Lipinski definition) is 0. The normalized spacial score (nSPS) is 19.4. The second-order valence-corrected chi connectivity index (χ2v) is 10.2. The van der Waals surface area contributed by atoms with Crippen molar-refractivity contribution in [3.63, 3.8) is 0 Å². The first kappa shape index (κ1) is 19.0. The molecule has 0 aromatic carbocycles. The zero-order valence-corrected chi connectivity index (χ0v) is 17.7. The van der Waals surface area contributed by atoms with Gasteiger partial charge in [0, 0.05) is 39.3 Å². The number of sulfonamides is 1. The van der Waals surface area contributed by atoms with Crippen LogP contribution in [0, 0.1) is 0 Å². The molecule has 0 radical (unpaired) electrons. The molecule has 2 aliphatic heterocycles. The predicted molar refractivity (Wildman–Crippen MR) is 112 cm³/mol. The van der Waals surface area contributed by atoms with E-state index in [1.807, 2.05) is 5.38 Å². The van der Waals surface area contributed by atoms with Gasteiger partial charge in [-0.05, 0) is 36.4 Å². The van der Waals surface area contributed by atoms with Crippen LogP contribution in [0.5, 0.6) is 0 Å². The van der Waals surface area contributed by atoms with Crippen LogP contribution in [-0.4, -0.2) is 66.9 Å². The molecule has 0 bridgehead atoms. The summed E-state index contributed by atoms with van der Waals surface area (Å²) in [7, 11) is -3.49. The highest BCUT2D eigenvalue weighted by Gasteiger charge is 2.30. The molecule has 0 saturated carbocycles. The number of thiophene rings is 1. The van der Waals surface area contributed by atoms with Gasteiger partial charge in [-0.2, -0.15) is 4.31 Å². The van der Waals surface area contributed by atoms with Crippen molar-refractivity contribution in [1.29, 1.82) is 0 Å². The molecule has 2 saturated heterocycles. The molecule has 3 aromatic heterocycles. The van der Waals surface area contributed by atoms with Gasteiger partial charge in [0.25, 0.3) is 10.0 Å². The summed E-state index contributed by atoms with van der Waals surface area (Å²) in [5, 5.41) is 3.21. The van der Waals surface area contributed by atoms with Crippen LogP contribution >= 0.6 is 11.3 Å². The van der Waals surface area contributed by atoms with E-state index in [4.69, 9.17) is 4.42 Å². The summed E-state index contributed by atoms with van der Waals surface area (Å²) < 4.78 is 32.5. The average Bonchev–Trinajstić information content (AvgIpc) is 3.49. The monoisotopic (exact) mass is 433 g/mol. The molecule has 0 unspecified atom stereocenters. The van der Waals surface area contributed by atoms with Gasteiger partial charge in [-0.15, -0.1) is 11.3 Å². The van der Waals surface area contributed by atoms with Gasteiger partial charge in [0.15, 0.2) is 0 Å². The van der Waals surface area contributed by atoms with E-state index in [-0.39, 0.29) is 5.09 Å². The highest BCUT2D eigenvalue weighted by atomic mass is 32.2. The first-order valence-electron chi connectivity index (χ1n) is 9.86. The van der Waals surface area contributed by atoms with Crippen molar-refractivity contribution in [3.8, 4) is 0 Å². The highest BCUT2D eigenvalue weighted by Crippen LogP contribution is 2.28. The zero-order chi connectivity index (χ0) is 19.8. The third kappa shape index (κ3) is 3.65. The van der Waals surface area contributed by atoms with Gasteiger partial charge in [0.05, 0.1) is 11.9 Å². The Morgan fingerprint density at radius 2 is 1.79 bits per heavy atom. The summed E-state index contributed by atoms with van der Waals surface area (Å²) >= 11 is 1.63. The summed E-state index contributed by atoms with van der Waals surface area (Å²) in [5.74, 6) is 1.69. The molecule has 3 aromatic rings. The van der Waals surface area contributed by atoms with Crippen LogP contribution in [-0.2, 0) is 16.6 Å². The van der Waals surface area contributed by atoms with Gasteiger partial charge in [-0.1, -0.05) is 0 Å². The molecular weight excluding hydrogens is 410 g/mol. The third-order valence-electron chi connectivity index (χ3n) is 5.59. The number of nitrogens with zero attached hydrogens (tertiary/aromatic N) is 5. The molecule has 0 spiro atoms. The lowest BCUT2D eigenvalue weighted by atomic mass is 10.2. The van der Waals surface area contributed by atoms with E-state index >= 15 is 0 Å². The second-order valence-electron chi connectivity index (χ2n) is 7.43. The Kier molecular flexibility index (Phi) is 5.02. The largest absolute Gasteiger partial charge is 0.447 e. The molecule has 5 heterocycles. The van der Waals surface area contributed by atoms with Crippen molar-refractivity contribution < 1.29 is 12.8 Å². The minimum atomic E-state index is -3.49. The molecule has 0 atom stereocenters. The van der Waals surface area contributed by atoms with E-state index in [2.05, 4.69) is 25.8 Å². The fourth-order valence-corrected chi connectivity index (χ4v) is 6.18. The maximum atomic E-state index is 12.6. The number of furan rings is 1. The lowest BCUT2D eigenvalue weighted by Gasteiger charge is -2.35. The van der Waals surface area contributed by atoms with Gasteiger partial charge < -0.3 is 9.32 Å². The standard InChI is InChI=1S/C19H23N5O3S2/c25-29(26,24-6-1-2-7-24)17-4-3-15(27-17)13-22-8-10-23(11-9-22)18-16-5-12-28-19(16)21-14-20-18/h3-5,12,14H,1-2,6-11,13H2. The smallest absolute Gasteiger partial charge is 0.276 e. The number of piperazine rings is 1. The Hall–Kier alpha value is -2.01. The Morgan fingerprint density at radius 3 is 2.59 bits per heavy atom. The second kappa shape index (κ2) is 7.67. The number of anilines is 1. The zero-order valence-electron chi connectivity index (χ0n) is 16.0. The molecular formula is C19H23N5O3S2. The fraction of sp³-hybridized carbons (Fsp3) is 0.474. The highest BCUT2D eigenvalue weighted by molar-refractivity contribution is 7.89. The molecule has 2 aliphatic rings. The van der Waals surface area contributed by atoms with E-state index in [1.165, 1.54) is 4.31 Å². The SMILES string of the molecule is O=S(=O)(c1ccc(CN2CCN(c3ncnc4sccc34)CC2)o1)N1CCCC1. The summed E-state index contributed by atoms with van der Waals surface area (Å²) in [4.78, 5) is 14.4. The Balaban J connectivity index is 1.22. The van der Waals surface area contributed by atoms with Gasteiger partial charge in [0.1, 0.15) is 22.7 Å². The van der Waals surface area contributed by atoms with Crippen molar-refractivity contribution in [2.75, 3.05) is 44.2 Å². The first-order chi connectivity index (χ1) is 14.1. The van der Waals surface area contributed by atoms with Crippen molar-refractivity contribution in [1.82, 2.24) is 19.2 Å². The molecule has 154 valence electrons.